The van der Waals surface area contributed by atoms with Crippen LogP contribution in [0.15, 0.2) is 29.6 Å². The van der Waals surface area contributed by atoms with Crippen LogP contribution in [-0.4, -0.2) is 14.2 Å². The molecule has 1 aromatic carbocycles. The summed E-state index contributed by atoms with van der Waals surface area (Å²) in [7, 11) is 3.38. The van der Waals surface area contributed by atoms with E-state index in [1.54, 1.807) is 13.2 Å². The van der Waals surface area contributed by atoms with Crippen molar-refractivity contribution in [3.63, 3.8) is 0 Å². The van der Waals surface area contributed by atoms with Crippen LogP contribution in [0.2, 0.25) is 5.02 Å². The van der Waals surface area contributed by atoms with E-state index in [4.69, 9.17) is 16.3 Å². The summed E-state index contributed by atoms with van der Waals surface area (Å²) in [5.74, 6) is 0.346. The number of hydrogen-bond acceptors (Lipinski definition) is 3. The molecule has 2 rings (SSSR count). The highest BCUT2D eigenvalue weighted by Gasteiger charge is 2.20. The van der Waals surface area contributed by atoms with Crippen LogP contribution in [0.4, 0.5) is 4.39 Å². The van der Waals surface area contributed by atoms with Gasteiger partial charge in [0.05, 0.1) is 18.2 Å². The van der Waals surface area contributed by atoms with Crippen LogP contribution in [-0.2, 0) is 0 Å². The van der Waals surface area contributed by atoms with Gasteiger partial charge in [-0.1, -0.05) is 11.6 Å². The van der Waals surface area contributed by atoms with Crippen molar-refractivity contribution < 1.29 is 9.13 Å². The Hall–Kier alpha value is -1.10. The smallest absolute Gasteiger partial charge is 0.124 e. The number of methoxy groups -OCH3 is 1. The number of halogens is 2. The Labute approximate surface area is 114 Å². The zero-order chi connectivity index (χ0) is 13.1. The molecule has 0 saturated carbocycles. The van der Waals surface area contributed by atoms with E-state index in [9.17, 15) is 4.39 Å². The molecule has 1 N–H and O–H groups in total. The van der Waals surface area contributed by atoms with E-state index in [0.29, 0.717) is 10.8 Å². The predicted molar refractivity (Wildman–Crippen MR) is 73.2 cm³/mol. The molecule has 0 aliphatic rings. The van der Waals surface area contributed by atoms with Crippen molar-refractivity contribution in [3.8, 4) is 5.75 Å². The van der Waals surface area contributed by atoms with Gasteiger partial charge >= 0.3 is 0 Å². The molecule has 0 saturated heterocycles. The summed E-state index contributed by atoms with van der Waals surface area (Å²) in [4.78, 5) is 0.947. The summed E-state index contributed by atoms with van der Waals surface area (Å²) < 4.78 is 18.7. The Morgan fingerprint density at radius 1 is 1.39 bits per heavy atom. The Kier molecular flexibility index (Phi) is 4.22. The molecular weight excluding hydrogens is 273 g/mol. The maximum Gasteiger partial charge on any atom is 0.124 e. The Morgan fingerprint density at radius 3 is 2.72 bits per heavy atom. The van der Waals surface area contributed by atoms with Gasteiger partial charge in [-0.25, -0.2) is 4.39 Å². The van der Waals surface area contributed by atoms with Gasteiger partial charge in [0.15, 0.2) is 0 Å². The Bertz CT molecular complexity index is 544. The molecule has 96 valence electrons. The van der Waals surface area contributed by atoms with E-state index < -0.39 is 0 Å². The first-order chi connectivity index (χ1) is 8.67. The molecule has 0 aliphatic heterocycles. The lowest BCUT2D eigenvalue weighted by molar-refractivity contribution is 0.404. The molecule has 2 nitrogen and oxygen atoms in total. The molecule has 0 bridgehead atoms. The molecular formula is C13H13ClFNOS. The maximum atomic E-state index is 13.4. The molecule has 2 aromatic rings. The van der Waals surface area contributed by atoms with E-state index in [0.717, 1.165) is 10.4 Å². The van der Waals surface area contributed by atoms with Crippen molar-refractivity contribution in [1.29, 1.82) is 0 Å². The van der Waals surface area contributed by atoms with Gasteiger partial charge < -0.3 is 10.1 Å². The van der Waals surface area contributed by atoms with Crippen LogP contribution in [0, 0.1) is 5.82 Å². The number of nitrogens with one attached hydrogen (secondary N) is 1. The lowest BCUT2D eigenvalue weighted by Crippen LogP contribution is -2.18. The average Bonchev–Trinajstić information content (AvgIpc) is 2.77. The van der Waals surface area contributed by atoms with Gasteiger partial charge in [0.25, 0.3) is 0 Å². The van der Waals surface area contributed by atoms with Gasteiger partial charge in [-0.3, -0.25) is 0 Å². The quantitative estimate of drug-likeness (QED) is 0.921. The minimum absolute atomic E-state index is 0.178. The van der Waals surface area contributed by atoms with Crippen LogP contribution in [0.5, 0.6) is 5.75 Å². The normalized spacial score (nSPS) is 12.4. The molecule has 1 heterocycles. The van der Waals surface area contributed by atoms with Crippen molar-refractivity contribution >= 4 is 22.9 Å². The fourth-order valence-electron chi connectivity index (χ4n) is 1.87. The molecule has 0 aliphatic carbocycles. The SMILES string of the molecule is CNC(c1cc(F)ccc1OC)c1sccc1Cl. The second kappa shape index (κ2) is 5.69. The summed E-state index contributed by atoms with van der Waals surface area (Å²) >= 11 is 7.66. The van der Waals surface area contributed by atoms with Crippen LogP contribution in [0.1, 0.15) is 16.5 Å². The monoisotopic (exact) mass is 285 g/mol. The van der Waals surface area contributed by atoms with Gasteiger partial charge in [0.2, 0.25) is 0 Å². The lowest BCUT2D eigenvalue weighted by atomic mass is 10.0. The van der Waals surface area contributed by atoms with Crippen molar-refractivity contribution in [1.82, 2.24) is 5.32 Å². The molecule has 0 spiro atoms. The highest BCUT2D eigenvalue weighted by molar-refractivity contribution is 7.10. The van der Waals surface area contributed by atoms with E-state index in [1.807, 2.05) is 18.5 Å². The third-order valence-corrected chi connectivity index (χ3v) is 4.12. The molecule has 18 heavy (non-hydrogen) atoms. The third kappa shape index (κ3) is 2.51. The highest BCUT2D eigenvalue weighted by atomic mass is 35.5. The zero-order valence-corrected chi connectivity index (χ0v) is 11.6. The largest absolute Gasteiger partial charge is 0.496 e. The summed E-state index contributed by atoms with van der Waals surface area (Å²) in [5.41, 5.74) is 0.740. The minimum atomic E-state index is -0.293. The van der Waals surface area contributed by atoms with Gasteiger partial charge in [-0.15, -0.1) is 11.3 Å². The van der Waals surface area contributed by atoms with E-state index in [1.165, 1.54) is 23.5 Å². The number of ether oxygens (including phenoxy) is 1. The van der Waals surface area contributed by atoms with Gasteiger partial charge in [0.1, 0.15) is 11.6 Å². The topological polar surface area (TPSA) is 21.3 Å². The second-order valence-electron chi connectivity index (χ2n) is 3.74. The second-order valence-corrected chi connectivity index (χ2v) is 5.10. The highest BCUT2D eigenvalue weighted by Crippen LogP contribution is 2.36. The number of thiophene rings is 1. The number of hydrogen-bond donors (Lipinski definition) is 1. The molecule has 1 unspecified atom stereocenters. The van der Waals surface area contributed by atoms with Gasteiger partial charge in [-0.2, -0.15) is 0 Å². The maximum absolute atomic E-state index is 13.4. The van der Waals surface area contributed by atoms with Crippen LogP contribution >= 0.6 is 22.9 Å². The molecule has 5 heteroatoms. The number of benzene rings is 1. The standard InChI is InChI=1S/C13H13ClFNOS/c1-16-12(13-10(14)5-6-18-13)9-7-8(15)3-4-11(9)17-2/h3-7,12,16H,1-2H3. The minimum Gasteiger partial charge on any atom is -0.496 e. The van der Waals surface area contributed by atoms with Crippen molar-refractivity contribution in [3.05, 3.63) is 50.9 Å². The fourth-order valence-corrected chi connectivity index (χ4v) is 3.16. The Balaban J connectivity index is 2.51. The summed E-state index contributed by atoms with van der Waals surface area (Å²) in [6, 6.07) is 6.12. The molecule has 1 aromatic heterocycles. The van der Waals surface area contributed by atoms with Crippen LogP contribution in [0.3, 0.4) is 0 Å². The van der Waals surface area contributed by atoms with Crippen LogP contribution < -0.4 is 10.1 Å². The lowest BCUT2D eigenvalue weighted by Gasteiger charge is -2.18. The first-order valence-corrected chi connectivity index (χ1v) is 6.66. The van der Waals surface area contributed by atoms with E-state index in [2.05, 4.69) is 5.32 Å². The predicted octanol–water partition coefficient (Wildman–Crippen LogP) is 3.86. The third-order valence-electron chi connectivity index (χ3n) is 2.70. The summed E-state index contributed by atoms with van der Waals surface area (Å²) in [6.45, 7) is 0. The summed E-state index contributed by atoms with van der Waals surface area (Å²) in [5, 5.41) is 5.73. The first-order valence-electron chi connectivity index (χ1n) is 5.41. The van der Waals surface area contributed by atoms with Crippen molar-refractivity contribution in [2.45, 2.75) is 6.04 Å². The molecule has 1 atom stereocenters. The van der Waals surface area contributed by atoms with Crippen molar-refractivity contribution in [2.24, 2.45) is 0 Å². The average molecular weight is 286 g/mol. The van der Waals surface area contributed by atoms with Gasteiger partial charge in [-0.05, 0) is 36.7 Å². The van der Waals surface area contributed by atoms with E-state index in [-0.39, 0.29) is 11.9 Å². The van der Waals surface area contributed by atoms with Crippen LogP contribution in [0.25, 0.3) is 0 Å². The molecule has 0 fully saturated rings. The summed E-state index contributed by atoms with van der Waals surface area (Å²) in [6.07, 6.45) is 0. The zero-order valence-electron chi connectivity index (χ0n) is 10.0. The molecule has 0 radical (unpaired) electrons. The van der Waals surface area contributed by atoms with E-state index >= 15 is 0 Å². The first kappa shape index (κ1) is 13.3. The Morgan fingerprint density at radius 2 is 2.17 bits per heavy atom. The van der Waals surface area contributed by atoms with Crippen molar-refractivity contribution in [2.75, 3.05) is 14.2 Å². The number of rotatable bonds is 4. The fraction of sp³-hybridized carbons (Fsp3) is 0.231. The molecule has 0 amide bonds. The van der Waals surface area contributed by atoms with Gasteiger partial charge in [0, 0.05) is 10.4 Å².